The standard InChI is InChI=1S/C20H16F3N3O6/c1-3-32-19(29)12-9-14(10-6-15(26(30)31)18(28)16(27)7-10)25(2)17(12)13-8-11(4-5-24-13)20(21,22)23/h4-9,27-28H,3H2,1-2H3. The zero-order chi connectivity index (χ0) is 23.8. The van der Waals surface area contributed by atoms with Crippen molar-refractivity contribution in [1.29, 1.82) is 0 Å². The topological polar surface area (TPSA) is 128 Å². The Balaban J connectivity index is 2.29. The molecule has 0 radical (unpaired) electrons. The fourth-order valence-electron chi connectivity index (χ4n) is 3.18. The lowest BCUT2D eigenvalue weighted by molar-refractivity contribution is -0.385. The molecule has 0 aliphatic heterocycles. The van der Waals surface area contributed by atoms with Gasteiger partial charge in [0.2, 0.25) is 5.75 Å². The minimum Gasteiger partial charge on any atom is -0.504 e. The second-order valence-electron chi connectivity index (χ2n) is 6.62. The first-order valence-corrected chi connectivity index (χ1v) is 9.06. The van der Waals surface area contributed by atoms with Crippen molar-refractivity contribution in [2.75, 3.05) is 6.61 Å². The number of alkyl halides is 3. The van der Waals surface area contributed by atoms with Crippen LogP contribution in [-0.4, -0.2) is 37.3 Å². The average molecular weight is 451 g/mol. The number of hydrogen-bond donors (Lipinski definition) is 2. The Bertz CT molecular complexity index is 1220. The molecule has 3 aromatic rings. The van der Waals surface area contributed by atoms with Gasteiger partial charge in [-0.2, -0.15) is 13.2 Å². The lowest BCUT2D eigenvalue weighted by atomic mass is 10.1. The molecule has 0 atom stereocenters. The van der Waals surface area contributed by atoms with E-state index in [1.165, 1.54) is 17.7 Å². The van der Waals surface area contributed by atoms with E-state index in [1.807, 2.05) is 0 Å². The number of aromatic nitrogens is 2. The van der Waals surface area contributed by atoms with Crippen molar-refractivity contribution in [3.63, 3.8) is 0 Å². The van der Waals surface area contributed by atoms with E-state index in [0.717, 1.165) is 30.5 Å². The number of ether oxygens (including phenoxy) is 1. The number of halogens is 3. The first kappa shape index (κ1) is 22.6. The zero-order valence-electron chi connectivity index (χ0n) is 16.7. The fourth-order valence-corrected chi connectivity index (χ4v) is 3.18. The molecule has 32 heavy (non-hydrogen) atoms. The van der Waals surface area contributed by atoms with Crippen molar-refractivity contribution >= 4 is 11.7 Å². The number of rotatable bonds is 5. The molecular formula is C20H16F3N3O6. The minimum absolute atomic E-state index is 0.00993. The Morgan fingerprint density at radius 2 is 1.94 bits per heavy atom. The lowest BCUT2D eigenvalue weighted by Crippen LogP contribution is -2.09. The van der Waals surface area contributed by atoms with Gasteiger partial charge >= 0.3 is 17.8 Å². The predicted octanol–water partition coefficient (Wildman–Crippen LogP) is 4.27. The van der Waals surface area contributed by atoms with Gasteiger partial charge in [-0.1, -0.05) is 0 Å². The van der Waals surface area contributed by atoms with Crippen LogP contribution in [0.5, 0.6) is 11.5 Å². The number of aromatic hydroxyl groups is 2. The van der Waals surface area contributed by atoms with Crippen LogP contribution < -0.4 is 0 Å². The van der Waals surface area contributed by atoms with Crippen LogP contribution in [-0.2, 0) is 18.0 Å². The molecule has 0 amide bonds. The number of nitro benzene ring substituents is 1. The highest BCUT2D eigenvalue weighted by Gasteiger charge is 2.32. The summed E-state index contributed by atoms with van der Waals surface area (Å²) in [6.45, 7) is 1.54. The van der Waals surface area contributed by atoms with Gasteiger partial charge in [0.25, 0.3) is 0 Å². The van der Waals surface area contributed by atoms with Gasteiger partial charge in [-0.3, -0.25) is 15.1 Å². The van der Waals surface area contributed by atoms with Crippen molar-refractivity contribution in [1.82, 2.24) is 9.55 Å². The number of carbonyl (C=O) groups is 1. The van der Waals surface area contributed by atoms with Gasteiger partial charge in [0.15, 0.2) is 5.75 Å². The summed E-state index contributed by atoms with van der Waals surface area (Å²) in [5.74, 6) is -2.58. The molecule has 12 heteroatoms. The van der Waals surface area contributed by atoms with Crippen molar-refractivity contribution in [2.45, 2.75) is 13.1 Å². The molecular weight excluding hydrogens is 435 g/mol. The van der Waals surface area contributed by atoms with Crippen LogP contribution in [0.25, 0.3) is 22.6 Å². The molecule has 2 N–H and O–H groups in total. The van der Waals surface area contributed by atoms with Gasteiger partial charge in [0.05, 0.1) is 34.0 Å². The van der Waals surface area contributed by atoms with Crippen LogP contribution in [0.1, 0.15) is 22.8 Å². The van der Waals surface area contributed by atoms with Gasteiger partial charge in [-0.15, -0.1) is 0 Å². The number of pyridine rings is 1. The third-order valence-corrected chi connectivity index (χ3v) is 4.62. The van der Waals surface area contributed by atoms with Gasteiger partial charge in [-0.05, 0) is 31.2 Å². The van der Waals surface area contributed by atoms with E-state index < -0.39 is 39.8 Å². The highest BCUT2D eigenvalue weighted by molar-refractivity contribution is 5.98. The number of esters is 1. The summed E-state index contributed by atoms with van der Waals surface area (Å²) in [6, 6.07) is 4.78. The molecule has 0 saturated heterocycles. The molecule has 0 bridgehead atoms. The number of carbonyl (C=O) groups excluding carboxylic acids is 1. The number of phenols is 2. The summed E-state index contributed by atoms with van der Waals surface area (Å²) in [4.78, 5) is 26.8. The van der Waals surface area contributed by atoms with E-state index in [2.05, 4.69) is 4.98 Å². The molecule has 0 fully saturated rings. The van der Waals surface area contributed by atoms with Gasteiger partial charge in [-0.25, -0.2) is 4.79 Å². The van der Waals surface area contributed by atoms with E-state index >= 15 is 0 Å². The van der Waals surface area contributed by atoms with Crippen molar-refractivity contribution in [3.05, 3.63) is 57.8 Å². The van der Waals surface area contributed by atoms with Gasteiger partial charge in [0.1, 0.15) is 0 Å². The second-order valence-corrected chi connectivity index (χ2v) is 6.62. The Hall–Kier alpha value is -4.09. The number of nitro groups is 1. The largest absolute Gasteiger partial charge is 0.504 e. The van der Waals surface area contributed by atoms with E-state index in [-0.39, 0.29) is 34.8 Å². The van der Waals surface area contributed by atoms with Crippen molar-refractivity contribution < 1.29 is 37.8 Å². The van der Waals surface area contributed by atoms with Crippen LogP contribution in [0, 0.1) is 10.1 Å². The first-order valence-electron chi connectivity index (χ1n) is 9.06. The zero-order valence-corrected chi connectivity index (χ0v) is 16.7. The predicted molar refractivity (Wildman–Crippen MR) is 105 cm³/mol. The molecule has 9 nitrogen and oxygen atoms in total. The van der Waals surface area contributed by atoms with E-state index in [4.69, 9.17) is 4.74 Å². The van der Waals surface area contributed by atoms with Gasteiger partial charge in [0, 0.05) is 30.6 Å². The molecule has 0 saturated carbocycles. The first-order chi connectivity index (χ1) is 15.0. The Morgan fingerprint density at radius 3 is 2.53 bits per heavy atom. The fraction of sp³-hybridized carbons (Fsp3) is 0.200. The van der Waals surface area contributed by atoms with Crippen LogP contribution >= 0.6 is 0 Å². The molecule has 1 aromatic carbocycles. The molecule has 2 heterocycles. The molecule has 0 spiro atoms. The van der Waals surface area contributed by atoms with Gasteiger partial charge < -0.3 is 19.5 Å². The smallest absolute Gasteiger partial charge is 0.416 e. The van der Waals surface area contributed by atoms with E-state index in [1.54, 1.807) is 6.92 Å². The maximum absolute atomic E-state index is 13.2. The molecule has 2 aromatic heterocycles. The maximum atomic E-state index is 13.2. The summed E-state index contributed by atoms with van der Waals surface area (Å²) < 4.78 is 45.9. The second kappa shape index (κ2) is 8.21. The normalized spacial score (nSPS) is 11.4. The number of phenolic OH excluding ortho intramolecular Hbond substituents is 2. The van der Waals surface area contributed by atoms with E-state index in [0.29, 0.717) is 0 Å². The summed E-state index contributed by atoms with van der Waals surface area (Å²) in [5.41, 5.74) is -1.98. The molecule has 0 aliphatic carbocycles. The quantitative estimate of drug-likeness (QED) is 0.257. The highest BCUT2D eigenvalue weighted by atomic mass is 19.4. The van der Waals surface area contributed by atoms with Crippen LogP contribution in [0.2, 0.25) is 0 Å². The average Bonchev–Trinajstić information content (AvgIpc) is 3.06. The number of nitrogens with zero attached hydrogens (tertiary/aromatic N) is 3. The summed E-state index contributed by atoms with van der Waals surface area (Å²) in [6.07, 6.45) is -3.71. The van der Waals surface area contributed by atoms with Crippen LogP contribution in [0.15, 0.2) is 36.5 Å². The van der Waals surface area contributed by atoms with Crippen molar-refractivity contribution in [3.8, 4) is 34.1 Å². The SMILES string of the molecule is CCOC(=O)c1cc(-c2cc(O)c(O)c([N+](=O)[O-])c2)n(C)c1-c1cc(C(F)(F)F)ccn1. The Morgan fingerprint density at radius 1 is 1.25 bits per heavy atom. The number of benzene rings is 1. The third-order valence-electron chi connectivity index (χ3n) is 4.62. The Kier molecular flexibility index (Phi) is 5.80. The molecule has 168 valence electrons. The highest BCUT2D eigenvalue weighted by Crippen LogP contribution is 2.41. The van der Waals surface area contributed by atoms with Crippen molar-refractivity contribution in [2.24, 2.45) is 7.05 Å². The molecule has 0 aliphatic rings. The molecule has 0 unspecified atom stereocenters. The summed E-state index contributed by atoms with van der Waals surface area (Å²) in [7, 11) is 1.41. The Labute approximate surface area is 178 Å². The lowest BCUT2D eigenvalue weighted by Gasteiger charge is -2.12. The number of hydrogen-bond acceptors (Lipinski definition) is 7. The summed E-state index contributed by atoms with van der Waals surface area (Å²) in [5, 5.41) is 30.8. The summed E-state index contributed by atoms with van der Waals surface area (Å²) >= 11 is 0. The molecule has 3 rings (SSSR count). The van der Waals surface area contributed by atoms with Crippen LogP contribution in [0.4, 0.5) is 18.9 Å². The van der Waals surface area contributed by atoms with Crippen LogP contribution in [0.3, 0.4) is 0 Å². The minimum atomic E-state index is -4.65. The monoisotopic (exact) mass is 451 g/mol. The van der Waals surface area contributed by atoms with E-state index in [9.17, 15) is 38.3 Å². The maximum Gasteiger partial charge on any atom is 0.416 e. The third kappa shape index (κ3) is 4.06.